The number of methoxy groups -OCH3 is 1. The molecule has 8 heteroatoms. The van der Waals surface area contributed by atoms with E-state index in [9.17, 15) is 13.5 Å². The second-order valence-electron chi connectivity index (χ2n) is 9.20. The molecule has 37 heavy (non-hydrogen) atoms. The van der Waals surface area contributed by atoms with E-state index in [2.05, 4.69) is 0 Å². The van der Waals surface area contributed by atoms with E-state index >= 15 is 0 Å². The number of aromatic nitrogens is 1. The van der Waals surface area contributed by atoms with Crippen molar-refractivity contribution in [2.45, 2.75) is 36.6 Å². The van der Waals surface area contributed by atoms with Gasteiger partial charge in [0, 0.05) is 23.4 Å². The van der Waals surface area contributed by atoms with Crippen LogP contribution in [-0.4, -0.2) is 43.4 Å². The summed E-state index contributed by atoms with van der Waals surface area (Å²) in [4.78, 5) is 0.177. The molecule has 0 saturated heterocycles. The van der Waals surface area contributed by atoms with Gasteiger partial charge >= 0.3 is 0 Å². The Balaban J connectivity index is 1.75. The lowest BCUT2D eigenvalue weighted by Crippen LogP contribution is -2.40. The fraction of sp³-hybridized carbons (Fsp3) is 0.241. The minimum absolute atomic E-state index is 0.00778. The van der Waals surface area contributed by atoms with Crippen molar-refractivity contribution in [2.24, 2.45) is 0 Å². The minimum atomic E-state index is -3.97. The first-order valence-corrected chi connectivity index (χ1v) is 13.8. The molecule has 0 bridgehead atoms. The van der Waals surface area contributed by atoms with Gasteiger partial charge in [0.2, 0.25) is 0 Å². The van der Waals surface area contributed by atoms with E-state index in [4.69, 9.17) is 21.1 Å². The first-order chi connectivity index (χ1) is 17.8. The van der Waals surface area contributed by atoms with Crippen LogP contribution in [0.3, 0.4) is 0 Å². The standard InChI is InChI=1S/C29H28ClNO5S/c1-19-8-12-22(13-9-19)37(33,34)31-25-16-21(30)11-15-23(25)28-24(14-10-20-6-4-3-5-7-20)29(27(32)18-35-2)36-17-26(28)31/h3-16,24,27,29,32H,17-18H2,1-2H3/b14-10+/t24-,27+,29-/m0/s1. The largest absolute Gasteiger partial charge is 0.388 e. The molecule has 0 spiro atoms. The van der Waals surface area contributed by atoms with Crippen LogP contribution in [0.15, 0.2) is 83.8 Å². The molecule has 1 aromatic heterocycles. The molecule has 5 rings (SSSR count). The highest BCUT2D eigenvalue weighted by Gasteiger charge is 2.39. The Labute approximate surface area is 221 Å². The molecule has 1 aliphatic rings. The summed E-state index contributed by atoms with van der Waals surface area (Å²) in [5.41, 5.74) is 3.73. The maximum Gasteiger partial charge on any atom is 0.268 e. The van der Waals surface area contributed by atoms with E-state index in [1.165, 1.54) is 11.1 Å². The number of halogens is 1. The monoisotopic (exact) mass is 537 g/mol. The summed E-state index contributed by atoms with van der Waals surface area (Å²) in [6.45, 7) is 2.00. The van der Waals surface area contributed by atoms with Gasteiger partial charge in [0.25, 0.3) is 10.0 Å². The van der Waals surface area contributed by atoms with E-state index in [1.54, 1.807) is 36.4 Å². The van der Waals surface area contributed by atoms with E-state index in [0.29, 0.717) is 16.2 Å². The van der Waals surface area contributed by atoms with Gasteiger partial charge in [-0.3, -0.25) is 0 Å². The number of fused-ring (bicyclic) bond motifs is 3. The van der Waals surface area contributed by atoms with E-state index in [-0.39, 0.29) is 18.1 Å². The second kappa shape index (κ2) is 10.4. The molecule has 0 radical (unpaired) electrons. The Hall–Kier alpha value is -2.94. The quantitative estimate of drug-likeness (QED) is 0.335. The SMILES string of the molecule is COC[C@@H](O)[C@H]1OCc2c(c3ccc(Cl)cc3n2S(=O)(=O)c2ccc(C)cc2)[C@@H]1/C=C/c1ccccc1. The second-order valence-corrected chi connectivity index (χ2v) is 11.4. The number of aliphatic hydroxyl groups excluding tert-OH is 1. The van der Waals surface area contributed by atoms with Crippen LogP contribution in [-0.2, 0) is 26.1 Å². The van der Waals surface area contributed by atoms with Gasteiger partial charge < -0.3 is 14.6 Å². The molecule has 0 aliphatic carbocycles. The van der Waals surface area contributed by atoms with Crippen molar-refractivity contribution in [1.82, 2.24) is 3.97 Å². The van der Waals surface area contributed by atoms with E-state index < -0.39 is 28.1 Å². The molecule has 2 heterocycles. The number of aliphatic hydroxyl groups is 1. The Morgan fingerprint density at radius 3 is 2.57 bits per heavy atom. The number of hydrogen-bond donors (Lipinski definition) is 1. The van der Waals surface area contributed by atoms with Gasteiger partial charge in [-0.1, -0.05) is 77.8 Å². The first kappa shape index (κ1) is 25.7. The average Bonchev–Trinajstić information content (AvgIpc) is 3.22. The fourth-order valence-corrected chi connectivity index (χ4v) is 6.66. The third-order valence-corrected chi connectivity index (χ3v) is 8.70. The van der Waals surface area contributed by atoms with Crippen LogP contribution in [0.5, 0.6) is 0 Å². The van der Waals surface area contributed by atoms with Gasteiger partial charge in [-0.05, 0) is 42.3 Å². The fourth-order valence-electron chi connectivity index (χ4n) is 4.95. The van der Waals surface area contributed by atoms with Gasteiger partial charge in [-0.2, -0.15) is 0 Å². The molecule has 0 fully saturated rings. The van der Waals surface area contributed by atoms with Gasteiger partial charge in [0.05, 0.1) is 35.4 Å². The Morgan fingerprint density at radius 2 is 1.86 bits per heavy atom. The summed E-state index contributed by atoms with van der Waals surface area (Å²) in [7, 11) is -2.45. The molecule has 1 aliphatic heterocycles. The molecule has 0 saturated carbocycles. The van der Waals surface area contributed by atoms with Gasteiger partial charge in [-0.25, -0.2) is 12.4 Å². The summed E-state index contributed by atoms with van der Waals surface area (Å²) in [5.74, 6) is -0.438. The number of rotatable bonds is 7. The zero-order chi connectivity index (χ0) is 26.2. The molecule has 0 amide bonds. The van der Waals surface area contributed by atoms with Crippen LogP contribution >= 0.6 is 11.6 Å². The number of aryl methyl sites for hydroxylation is 1. The van der Waals surface area contributed by atoms with Crippen LogP contribution in [0.1, 0.15) is 28.3 Å². The first-order valence-electron chi connectivity index (χ1n) is 12.0. The van der Waals surface area contributed by atoms with Gasteiger partial charge in [0.1, 0.15) is 6.10 Å². The molecular formula is C29H28ClNO5S. The van der Waals surface area contributed by atoms with Crippen LogP contribution < -0.4 is 0 Å². The molecule has 192 valence electrons. The summed E-state index contributed by atoms with van der Waals surface area (Å²) in [5, 5.41) is 12.1. The minimum Gasteiger partial charge on any atom is -0.388 e. The van der Waals surface area contributed by atoms with Crippen molar-refractivity contribution in [1.29, 1.82) is 0 Å². The molecule has 6 nitrogen and oxygen atoms in total. The number of nitrogens with zero attached hydrogens (tertiary/aromatic N) is 1. The third-order valence-electron chi connectivity index (χ3n) is 6.70. The summed E-state index contributed by atoms with van der Waals surface area (Å²) < 4.78 is 40.7. The molecule has 3 aromatic carbocycles. The Kier molecular flexibility index (Phi) is 7.25. The Bertz CT molecular complexity index is 1540. The number of benzene rings is 3. The van der Waals surface area contributed by atoms with Crippen LogP contribution in [0.25, 0.3) is 17.0 Å². The lowest BCUT2D eigenvalue weighted by Gasteiger charge is -2.34. The van der Waals surface area contributed by atoms with E-state index in [0.717, 1.165) is 22.1 Å². The highest BCUT2D eigenvalue weighted by Crippen LogP contribution is 2.43. The predicted octanol–water partition coefficient (Wildman–Crippen LogP) is 5.54. The van der Waals surface area contributed by atoms with Crippen molar-refractivity contribution in [3.63, 3.8) is 0 Å². The van der Waals surface area contributed by atoms with Crippen molar-refractivity contribution in [3.05, 3.63) is 106 Å². The van der Waals surface area contributed by atoms with Crippen LogP contribution in [0.4, 0.5) is 0 Å². The molecule has 3 atom stereocenters. The molecular weight excluding hydrogens is 510 g/mol. The summed E-state index contributed by atoms with van der Waals surface area (Å²) in [6.07, 6.45) is 2.38. The van der Waals surface area contributed by atoms with Crippen molar-refractivity contribution in [3.8, 4) is 0 Å². The lowest BCUT2D eigenvalue weighted by atomic mass is 9.85. The van der Waals surface area contributed by atoms with Crippen molar-refractivity contribution >= 4 is 38.6 Å². The van der Waals surface area contributed by atoms with Gasteiger partial charge in [-0.15, -0.1) is 0 Å². The molecule has 4 aromatic rings. The predicted molar refractivity (Wildman–Crippen MR) is 145 cm³/mol. The zero-order valence-electron chi connectivity index (χ0n) is 20.5. The maximum atomic E-state index is 14.0. The number of hydrogen-bond acceptors (Lipinski definition) is 5. The Morgan fingerprint density at radius 1 is 1.14 bits per heavy atom. The lowest BCUT2D eigenvalue weighted by molar-refractivity contribution is -0.0851. The smallest absolute Gasteiger partial charge is 0.268 e. The summed E-state index contributed by atoms with van der Waals surface area (Å²) in [6, 6.07) is 21.8. The number of ether oxygens (including phenoxy) is 2. The highest BCUT2D eigenvalue weighted by molar-refractivity contribution is 7.90. The van der Waals surface area contributed by atoms with Crippen molar-refractivity contribution in [2.75, 3.05) is 13.7 Å². The average molecular weight is 538 g/mol. The zero-order valence-corrected chi connectivity index (χ0v) is 22.1. The van der Waals surface area contributed by atoms with Crippen LogP contribution in [0, 0.1) is 6.92 Å². The maximum absolute atomic E-state index is 14.0. The summed E-state index contributed by atoms with van der Waals surface area (Å²) >= 11 is 6.36. The normalized spacial score (nSPS) is 18.8. The van der Waals surface area contributed by atoms with Crippen LogP contribution in [0.2, 0.25) is 5.02 Å². The highest BCUT2D eigenvalue weighted by atomic mass is 35.5. The topological polar surface area (TPSA) is 77.8 Å². The third kappa shape index (κ3) is 4.85. The van der Waals surface area contributed by atoms with Crippen molar-refractivity contribution < 1.29 is 23.0 Å². The van der Waals surface area contributed by atoms with Gasteiger partial charge in [0.15, 0.2) is 0 Å². The van der Waals surface area contributed by atoms with E-state index in [1.807, 2.05) is 55.5 Å². The molecule has 0 unspecified atom stereocenters. The molecule has 1 N–H and O–H groups in total.